The van der Waals surface area contributed by atoms with Gasteiger partial charge in [-0.25, -0.2) is 0 Å². The Balaban J connectivity index is 1.92. The fraction of sp³-hybridized carbons (Fsp3) is 0.333. The van der Waals surface area contributed by atoms with Crippen molar-refractivity contribution in [2.24, 2.45) is 0 Å². The summed E-state index contributed by atoms with van der Waals surface area (Å²) in [6.45, 7) is 7.41. The standard InChI is InChI=1S/C21H26BrN3O2/c1-4-25(5-2)21(27)17-7-6-8-19(13-17)24-20(26)14-23-15(3)16-9-11-18(22)12-10-16/h6-13,15,23H,4-5,14H2,1-3H3,(H,24,26)/t15-/m1/s1. The third-order valence-corrected chi connectivity index (χ3v) is 4.91. The second kappa shape index (κ2) is 10.2. The van der Waals surface area contributed by atoms with E-state index in [0.717, 1.165) is 10.0 Å². The molecule has 0 unspecified atom stereocenters. The summed E-state index contributed by atoms with van der Waals surface area (Å²) < 4.78 is 1.02. The van der Waals surface area contributed by atoms with Gasteiger partial charge in [-0.1, -0.05) is 34.1 Å². The molecule has 0 aliphatic rings. The summed E-state index contributed by atoms with van der Waals surface area (Å²) in [6.07, 6.45) is 0. The van der Waals surface area contributed by atoms with E-state index >= 15 is 0 Å². The van der Waals surface area contributed by atoms with Crippen molar-refractivity contribution in [1.82, 2.24) is 10.2 Å². The second-order valence-electron chi connectivity index (χ2n) is 6.26. The quantitative estimate of drug-likeness (QED) is 0.657. The Morgan fingerprint density at radius 3 is 2.37 bits per heavy atom. The van der Waals surface area contributed by atoms with Crippen LogP contribution in [0.3, 0.4) is 0 Å². The maximum absolute atomic E-state index is 12.4. The van der Waals surface area contributed by atoms with Crippen LogP contribution in [0.4, 0.5) is 5.69 Å². The zero-order valence-electron chi connectivity index (χ0n) is 16.0. The van der Waals surface area contributed by atoms with Gasteiger partial charge in [-0.2, -0.15) is 0 Å². The number of hydrogen-bond acceptors (Lipinski definition) is 3. The van der Waals surface area contributed by atoms with Crippen molar-refractivity contribution in [3.8, 4) is 0 Å². The van der Waals surface area contributed by atoms with Crippen LogP contribution in [0.5, 0.6) is 0 Å². The molecule has 0 aromatic heterocycles. The average molecular weight is 432 g/mol. The highest BCUT2D eigenvalue weighted by molar-refractivity contribution is 9.10. The van der Waals surface area contributed by atoms with Gasteiger partial charge < -0.3 is 15.5 Å². The molecule has 2 amide bonds. The summed E-state index contributed by atoms with van der Waals surface area (Å²) in [6, 6.07) is 15.1. The molecule has 2 rings (SSSR count). The normalized spacial score (nSPS) is 11.7. The third kappa shape index (κ3) is 6.19. The van der Waals surface area contributed by atoms with Crippen LogP contribution in [-0.4, -0.2) is 36.3 Å². The molecule has 1 atom stereocenters. The summed E-state index contributed by atoms with van der Waals surface area (Å²) >= 11 is 3.42. The van der Waals surface area contributed by atoms with E-state index in [1.54, 1.807) is 29.2 Å². The molecule has 2 aromatic carbocycles. The van der Waals surface area contributed by atoms with Gasteiger partial charge in [0.1, 0.15) is 0 Å². The van der Waals surface area contributed by atoms with Crippen molar-refractivity contribution in [2.75, 3.05) is 25.0 Å². The molecule has 144 valence electrons. The first-order valence-corrected chi connectivity index (χ1v) is 9.92. The zero-order valence-corrected chi connectivity index (χ0v) is 17.5. The summed E-state index contributed by atoms with van der Waals surface area (Å²) in [5, 5.41) is 6.06. The summed E-state index contributed by atoms with van der Waals surface area (Å²) in [5.74, 6) is -0.176. The second-order valence-corrected chi connectivity index (χ2v) is 7.18. The Hall–Kier alpha value is -2.18. The Labute approximate surface area is 169 Å². The Morgan fingerprint density at radius 1 is 1.07 bits per heavy atom. The molecule has 0 saturated heterocycles. The fourth-order valence-electron chi connectivity index (χ4n) is 2.74. The van der Waals surface area contributed by atoms with Crippen LogP contribution < -0.4 is 10.6 Å². The van der Waals surface area contributed by atoms with Crippen molar-refractivity contribution < 1.29 is 9.59 Å². The molecule has 27 heavy (non-hydrogen) atoms. The fourth-order valence-corrected chi connectivity index (χ4v) is 3.01. The summed E-state index contributed by atoms with van der Waals surface area (Å²) in [7, 11) is 0. The minimum Gasteiger partial charge on any atom is -0.339 e. The van der Waals surface area contributed by atoms with Gasteiger partial charge >= 0.3 is 0 Å². The highest BCUT2D eigenvalue weighted by Crippen LogP contribution is 2.16. The number of hydrogen-bond donors (Lipinski definition) is 2. The van der Waals surface area contributed by atoms with Gasteiger partial charge in [0.25, 0.3) is 5.91 Å². The molecule has 2 aromatic rings. The molecule has 0 spiro atoms. The first-order valence-electron chi connectivity index (χ1n) is 9.12. The number of anilines is 1. The molecule has 0 fully saturated rings. The molecule has 0 saturated carbocycles. The van der Waals surface area contributed by atoms with Crippen molar-refractivity contribution in [3.63, 3.8) is 0 Å². The lowest BCUT2D eigenvalue weighted by Gasteiger charge is -2.19. The van der Waals surface area contributed by atoms with Crippen LogP contribution in [0.1, 0.15) is 42.7 Å². The summed E-state index contributed by atoms with van der Waals surface area (Å²) in [5.41, 5.74) is 2.31. The van der Waals surface area contributed by atoms with Crippen LogP contribution >= 0.6 is 15.9 Å². The third-order valence-electron chi connectivity index (χ3n) is 4.38. The number of amides is 2. The first kappa shape index (κ1) is 21.1. The van der Waals surface area contributed by atoms with Gasteiger partial charge in [0.2, 0.25) is 5.91 Å². The molecule has 0 aliphatic carbocycles. The SMILES string of the molecule is CCN(CC)C(=O)c1cccc(NC(=O)CN[C@H](C)c2ccc(Br)cc2)c1. The smallest absolute Gasteiger partial charge is 0.253 e. The number of nitrogens with one attached hydrogen (secondary N) is 2. The number of nitrogens with zero attached hydrogens (tertiary/aromatic N) is 1. The van der Waals surface area contributed by atoms with Crippen LogP contribution in [0.2, 0.25) is 0 Å². The van der Waals surface area contributed by atoms with Crippen LogP contribution in [0.15, 0.2) is 53.0 Å². The van der Waals surface area contributed by atoms with E-state index in [0.29, 0.717) is 24.3 Å². The van der Waals surface area contributed by atoms with E-state index in [1.165, 1.54) is 0 Å². The van der Waals surface area contributed by atoms with E-state index in [2.05, 4.69) is 26.6 Å². The van der Waals surface area contributed by atoms with E-state index in [-0.39, 0.29) is 24.4 Å². The molecule has 2 N–H and O–H groups in total. The van der Waals surface area contributed by atoms with E-state index in [4.69, 9.17) is 0 Å². The minimum absolute atomic E-state index is 0.0296. The zero-order chi connectivity index (χ0) is 19.8. The van der Waals surface area contributed by atoms with Crippen LogP contribution in [-0.2, 0) is 4.79 Å². The highest BCUT2D eigenvalue weighted by Gasteiger charge is 2.13. The predicted molar refractivity (Wildman–Crippen MR) is 113 cm³/mol. The Kier molecular flexibility index (Phi) is 8.00. The lowest BCUT2D eigenvalue weighted by molar-refractivity contribution is -0.115. The molecule has 6 heteroatoms. The largest absolute Gasteiger partial charge is 0.339 e. The van der Waals surface area contributed by atoms with Crippen LogP contribution in [0, 0.1) is 0 Å². The summed E-state index contributed by atoms with van der Waals surface area (Å²) in [4.78, 5) is 26.4. The average Bonchev–Trinajstić information content (AvgIpc) is 2.67. The molecule has 0 heterocycles. The lowest BCUT2D eigenvalue weighted by Crippen LogP contribution is -2.31. The van der Waals surface area contributed by atoms with Gasteiger partial charge in [0.05, 0.1) is 6.54 Å². The van der Waals surface area contributed by atoms with Crippen molar-refractivity contribution in [1.29, 1.82) is 0 Å². The molecule has 0 radical (unpaired) electrons. The van der Waals surface area contributed by atoms with E-state index in [9.17, 15) is 9.59 Å². The number of carbonyl (C=O) groups excluding carboxylic acids is 2. The van der Waals surface area contributed by atoms with Crippen molar-refractivity contribution >= 4 is 33.4 Å². The monoisotopic (exact) mass is 431 g/mol. The van der Waals surface area contributed by atoms with Gasteiger partial charge in [0.15, 0.2) is 0 Å². The molecular formula is C21H26BrN3O2. The lowest BCUT2D eigenvalue weighted by atomic mass is 10.1. The topological polar surface area (TPSA) is 61.4 Å². The van der Waals surface area contributed by atoms with Gasteiger partial charge in [-0.3, -0.25) is 9.59 Å². The van der Waals surface area contributed by atoms with Crippen molar-refractivity contribution in [3.05, 3.63) is 64.1 Å². The number of carbonyl (C=O) groups is 2. The highest BCUT2D eigenvalue weighted by atomic mass is 79.9. The van der Waals surface area contributed by atoms with E-state index < -0.39 is 0 Å². The predicted octanol–water partition coefficient (Wildman–Crippen LogP) is 4.22. The van der Waals surface area contributed by atoms with Gasteiger partial charge in [-0.05, 0) is 56.7 Å². The van der Waals surface area contributed by atoms with Gasteiger partial charge in [0, 0.05) is 34.9 Å². The molecule has 0 bridgehead atoms. The number of benzene rings is 2. The Morgan fingerprint density at radius 2 is 1.74 bits per heavy atom. The van der Waals surface area contributed by atoms with E-state index in [1.807, 2.05) is 45.0 Å². The molecule has 5 nitrogen and oxygen atoms in total. The number of halogens is 1. The maximum Gasteiger partial charge on any atom is 0.253 e. The maximum atomic E-state index is 12.4. The first-order chi connectivity index (χ1) is 12.9. The molecular weight excluding hydrogens is 406 g/mol. The number of rotatable bonds is 8. The minimum atomic E-state index is -0.147. The van der Waals surface area contributed by atoms with Gasteiger partial charge in [-0.15, -0.1) is 0 Å². The molecule has 0 aliphatic heterocycles. The van der Waals surface area contributed by atoms with Crippen LogP contribution in [0.25, 0.3) is 0 Å². The Bertz CT molecular complexity index is 773. The van der Waals surface area contributed by atoms with Crippen molar-refractivity contribution in [2.45, 2.75) is 26.8 Å².